The van der Waals surface area contributed by atoms with E-state index in [2.05, 4.69) is 29.7 Å². The summed E-state index contributed by atoms with van der Waals surface area (Å²) in [6.45, 7) is 4.31. The van der Waals surface area contributed by atoms with E-state index >= 15 is 0 Å². The fourth-order valence-electron chi connectivity index (χ4n) is 2.63. The molecule has 0 fully saturated rings. The molecule has 22 heavy (non-hydrogen) atoms. The van der Waals surface area contributed by atoms with E-state index in [1.165, 1.54) is 5.69 Å². The lowest BCUT2D eigenvalue weighted by molar-refractivity contribution is 0.416. The van der Waals surface area contributed by atoms with E-state index in [0.29, 0.717) is 12.3 Å². The topological polar surface area (TPSA) is 50.3 Å². The van der Waals surface area contributed by atoms with Gasteiger partial charge in [-0.3, -0.25) is 4.40 Å². The normalized spacial score (nSPS) is 11.0. The van der Waals surface area contributed by atoms with Crippen molar-refractivity contribution < 1.29 is 4.74 Å². The van der Waals surface area contributed by atoms with Gasteiger partial charge in [-0.2, -0.15) is 5.26 Å². The first-order valence-electron chi connectivity index (χ1n) is 7.16. The largest absolute Gasteiger partial charge is 0.496 e. The van der Waals surface area contributed by atoms with E-state index in [-0.39, 0.29) is 0 Å². The van der Waals surface area contributed by atoms with Crippen molar-refractivity contribution in [1.82, 2.24) is 9.38 Å². The van der Waals surface area contributed by atoms with Crippen molar-refractivity contribution in [3.63, 3.8) is 0 Å². The van der Waals surface area contributed by atoms with Gasteiger partial charge in [0.1, 0.15) is 5.75 Å². The zero-order chi connectivity index (χ0) is 15.7. The summed E-state index contributed by atoms with van der Waals surface area (Å²) in [6.07, 6.45) is 0.324. The highest BCUT2D eigenvalue weighted by atomic mass is 32.1. The Balaban J connectivity index is 2.30. The number of methoxy groups -OCH3 is 1. The fourth-order valence-corrected chi connectivity index (χ4v) is 3.70. The lowest BCUT2D eigenvalue weighted by Gasteiger charge is -2.09. The molecule has 0 unspecified atom stereocenters. The van der Waals surface area contributed by atoms with Crippen molar-refractivity contribution in [1.29, 1.82) is 5.26 Å². The molecule has 0 saturated heterocycles. The number of nitrogens with zero attached hydrogens (tertiary/aromatic N) is 3. The van der Waals surface area contributed by atoms with E-state index < -0.39 is 0 Å². The van der Waals surface area contributed by atoms with Gasteiger partial charge >= 0.3 is 0 Å². The number of para-hydroxylation sites is 1. The smallest absolute Gasteiger partial charge is 0.194 e. The molecule has 0 aliphatic carbocycles. The van der Waals surface area contributed by atoms with Crippen LogP contribution < -0.4 is 4.74 Å². The van der Waals surface area contributed by atoms with Crippen LogP contribution >= 0.6 is 11.3 Å². The lowest BCUT2D eigenvalue weighted by Crippen LogP contribution is -1.99. The van der Waals surface area contributed by atoms with E-state index in [1.807, 2.05) is 24.3 Å². The second-order valence-corrected chi connectivity index (χ2v) is 6.21. The summed E-state index contributed by atoms with van der Waals surface area (Å²) in [4.78, 5) is 5.69. The van der Waals surface area contributed by atoms with Crippen molar-refractivity contribution in [2.75, 3.05) is 7.11 Å². The number of nitriles is 1. The third-order valence-corrected chi connectivity index (χ3v) is 4.53. The van der Waals surface area contributed by atoms with Crippen LogP contribution in [0.25, 0.3) is 16.2 Å². The highest BCUT2D eigenvalue weighted by Crippen LogP contribution is 2.35. The van der Waals surface area contributed by atoms with Crippen LogP contribution in [0.1, 0.15) is 31.2 Å². The summed E-state index contributed by atoms with van der Waals surface area (Å²) in [5, 5.41) is 11.4. The molecule has 0 aliphatic rings. The van der Waals surface area contributed by atoms with Gasteiger partial charge in [0.15, 0.2) is 4.96 Å². The molecule has 2 aromatic heterocycles. The van der Waals surface area contributed by atoms with Crippen LogP contribution in [-0.4, -0.2) is 16.5 Å². The molecule has 3 aromatic rings. The van der Waals surface area contributed by atoms with Gasteiger partial charge in [0.25, 0.3) is 0 Å². The van der Waals surface area contributed by atoms with Gasteiger partial charge in [-0.05, 0) is 18.1 Å². The molecule has 112 valence electrons. The van der Waals surface area contributed by atoms with Gasteiger partial charge < -0.3 is 4.74 Å². The first-order valence-corrected chi connectivity index (χ1v) is 8.04. The maximum Gasteiger partial charge on any atom is 0.194 e. The van der Waals surface area contributed by atoms with Gasteiger partial charge in [-0.1, -0.05) is 26.0 Å². The zero-order valence-corrected chi connectivity index (χ0v) is 13.6. The Labute approximate surface area is 133 Å². The van der Waals surface area contributed by atoms with E-state index in [0.717, 1.165) is 27.7 Å². The number of imidazole rings is 1. The first kappa shape index (κ1) is 14.6. The molecule has 0 saturated carbocycles. The van der Waals surface area contributed by atoms with Crippen molar-refractivity contribution in [2.45, 2.75) is 26.2 Å². The number of benzene rings is 1. The Hall–Kier alpha value is -2.32. The van der Waals surface area contributed by atoms with Crippen molar-refractivity contribution in [3.8, 4) is 23.1 Å². The Bertz CT molecular complexity index is 855. The molecule has 0 N–H and O–H groups in total. The molecule has 0 bridgehead atoms. The summed E-state index contributed by atoms with van der Waals surface area (Å²) >= 11 is 1.61. The number of hydrogen-bond acceptors (Lipinski definition) is 4. The Morgan fingerprint density at radius 3 is 2.82 bits per heavy atom. The van der Waals surface area contributed by atoms with Crippen molar-refractivity contribution >= 4 is 16.3 Å². The molecule has 5 heteroatoms. The SMILES string of the molecule is COc1ccccc1-c1nc2scc(C(C)C)n2c1CC#N. The van der Waals surface area contributed by atoms with Crippen molar-refractivity contribution in [2.24, 2.45) is 0 Å². The second-order valence-electron chi connectivity index (χ2n) is 5.38. The van der Waals surface area contributed by atoms with Gasteiger partial charge in [0, 0.05) is 16.6 Å². The third-order valence-electron chi connectivity index (χ3n) is 3.69. The predicted octanol–water partition coefficient (Wildman–Crippen LogP) is 4.26. The first-order chi connectivity index (χ1) is 10.7. The standard InChI is InChI=1S/C17H17N3OS/c1-11(2)14-10-22-17-19-16(13(8-9-18)20(14)17)12-6-4-5-7-15(12)21-3/h4-7,10-11H,8H2,1-3H3. The molecule has 4 nitrogen and oxygen atoms in total. The molecule has 0 radical (unpaired) electrons. The van der Waals surface area contributed by atoms with E-state index in [4.69, 9.17) is 9.72 Å². The maximum absolute atomic E-state index is 9.24. The van der Waals surface area contributed by atoms with Gasteiger partial charge in [0.05, 0.1) is 31.0 Å². The third kappa shape index (κ3) is 2.26. The summed E-state index contributed by atoms with van der Waals surface area (Å²) in [5.41, 5.74) is 3.90. The van der Waals surface area contributed by atoms with E-state index in [1.54, 1.807) is 18.4 Å². The Morgan fingerprint density at radius 1 is 1.36 bits per heavy atom. The molecule has 2 heterocycles. The van der Waals surface area contributed by atoms with Crippen LogP contribution in [0.15, 0.2) is 29.6 Å². The highest BCUT2D eigenvalue weighted by molar-refractivity contribution is 7.15. The van der Waals surface area contributed by atoms with Gasteiger partial charge in [-0.25, -0.2) is 4.98 Å². The van der Waals surface area contributed by atoms with Crippen LogP contribution in [0.3, 0.4) is 0 Å². The number of rotatable bonds is 4. The van der Waals surface area contributed by atoms with Crippen LogP contribution in [0, 0.1) is 11.3 Å². The monoisotopic (exact) mass is 311 g/mol. The minimum Gasteiger partial charge on any atom is -0.496 e. The zero-order valence-electron chi connectivity index (χ0n) is 12.8. The minimum atomic E-state index is 0.324. The molecule has 0 spiro atoms. The highest BCUT2D eigenvalue weighted by Gasteiger charge is 2.20. The Kier molecular flexibility index (Phi) is 3.86. The molecule has 0 atom stereocenters. The van der Waals surface area contributed by atoms with Crippen LogP contribution in [0.5, 0.6) is 5.75 Å². The Morgan fingerprint density at radius 2 is 2.14 bits per heavy atom. The molecule has 0 amide bonds. The second kappa shape index (κ2) is 5.82. The predicted molar refractivity (Wildman–Crippen MR) is 88.5 cm³/mol. The molecule has 1 aromatic carbocycles. The average Bonchev–Trinajstić information content (AvgIpc) is 3.07. The summed E-state index contributed by atoms with van der Waals surface area (Å²) in [5.74, 6) is 1.16. The minimum absolute atomic E-state index is 0.324. The summed E-state index contributed by atoms with van der Waals surface area (Å²) in [7, 11) is 1.65. The molecule has 3 rings (SSSR count). The number of ether oxygens (including phenoxy) is 1. The number of hydrogen-bond donors (Lipinski definition) is 0. The summed E-state index contributed by atoms with van der Waals surface area (Å²) in [6, 6.07) is 10.1. The molecular weight excluding hydrogens is 294 g/mol. The van der Waals surface area contributed by atoms with Crippen LogP contribution in [-0.2, 0) is 6.42 Å². The van der Waals surface area contributed by atoms with E-state index in [9.17, 15) is 5.26 Å². The molecular formula is C17H17N3OS. The van der Waals surface area contributed by atoms with Crippen LogP contribution in [0.4, 0.5) is 0 Å². The quantitative estimate of drug-likeness (QED) is 0.723. The van der Waals surface area contributed by atoms with Crippen molar-refractivity contribution in [3.05, 3.63) is 41.0 Å². The summed E-state index contributed by atoms with van der Waals surface area (Å²) < 4.78 is 7.58. The maximum atomic E-state index is 9.24. The average molecular weight is 311 g/mol. The van der Waals surface area contributed by atoms with Gasteiger partial charge in [0.2, 0.25) is 0 Å². The number of aromatic nitrogens is 2. The lowest BCUT2D eigenvalue weighted by atomic mass is 10.1. The van der Waals surface area contributed by atoms with Crippen LogP contribution in [0.2, 0.25) is 0 Å². The number of fused-ring (bicyclic) bond motifs is 1. The molecule has 0 aliphatic heterocycles. The number of thiazole rings is 1. The fraction of sp³-hybridized carbons (Fsp3) is 0.294. The van der Waals surface area contributed by atoms with Gasteiger partial charge in [-0.15, -0.1) is 11.3 Å².